The van der Waals surface area contributed by atoms with Gasteiger partial charge in [0.05, 0.1) is 0 Å². The van der Waals surface area contributed by atoms with E-state index in [-0.39, 0.29) is 0 Å². The van der Waals surface area contributed by atoms with Gasteiger partial charge in [0.1, 0.15) is 0 Å². The summed E-state index contributed by atoms with van der Waals surface area (Å²) in [6.45, 7) is 5.09. The molecule has 0 aromatic heterocycles. The van der Waals surface area contributed by atoms with Crippen LogP contribution in [-0.2, 0) is 0 Å². The van der Waals surface area contributed by atoms with Gasteiger partial charge in [-0.15, -0.1) is 0 Å². The Morgan fingerprint density at radius 1 is 1.58 bits per heavy atom. The quantitative estimate of drug-likeness (QED) is 0.693. The van der Waals surface area contributed by atoms with Gasteiger partial charge in [0.25, 0.3) is 0 Å². The summed E-state index contributed by atoms with van der Waals surface area (Å²) >= 11 is 0. The Kier molecular flexibility index (Phi) is 4.02. The Hall–Kier alpha value is -0.0800. The van der Waals surface area contributed by atoms with Crippen LogP contribution in [0, 0.1) is 11.8 Å². The van der Waals surface area contributed by atoms with Gasteiger partial charge in [0.15, 0.2) is 0 Å². The monoisotopic (exact) mass is 171 g/mol. The summed E-state index contributed by atoms with van der Waals surface area (Å²) in [5, 5.41) is 8.82. The van der Waals surface area contributed by atoms with E-state index in [0.29, 0.717) is 12.5 Å². The van der Waals surface area contributed by atoms with Gasteiger partial charge in [-0.1, -0.05) is 6.92 Å². The molecule has 0 aromatic carbocycles. The van der Waals surface area contributed by atoms with Crippen molar-refractivity contribution in [2.24, 2.45) is 11.8 Å². The lowest BCUT2D eigenvalue weighted by molar-refractivity contribution is 0.145. The third kappa shape index (κ3) is 2.76. The molecule has 12 heavy (non-hydrogen) atoms. The van der Waals surface area contributed by atoms with Crippen LogP contribution in [0.3, 0.4) is 0 Å². The Morgan fingerprint density at radius 2 is 2.33 bits per heavy atom. The molecule has 2 nitrogen and oxygen atoms in total. The molecule has 0 aromatic rings. The maximum absolute atomic E-state index is 8.82. The molecule has 1 saturated heterocycles. The molecule has 1 heterocycles. The lowest BCUT2D eigenvalue weighted by Crippen LogP contribution is -2.35. The molecular formula is C10H21NO. The molecular weight excluding hydrogens is 150 g/mol. The second-order valence-electron chi connectivity index (χ2n) is 4.15. The molecule has 0 radical (unpaired) electrons. The topological polar surface area (TPSA) is 23.5 Å². The molecule has 1 rings (SSSR count). The molecule has 1 aliphatic heterocycles. The second-order valence-corrected chi connectivity index (χ2v) is 4.15. The molecule has 1 fully saturated rings. The summed E-state index contributed by atoms with van der Waals surface area (Å²) in [6, 6.07) is 0. The molecule has 1 N–H and O–H groups in total. The van der Waals surface area contributed by atoms with Crippen molar-refractivity contribution in [3.63, 3.8) is 0 Å². The van der Waals surface area contributed by atoms with E-state index >= 15 is 0 Å². The average molecular weight is 171 g/mol. The maximum atomic E-state index is 8.82. The van der Waals surface area contributed by atoms with Gasteiger partial charge in [-0.05, 0) is 44.7 Å². The number of aliphatic hydroxyl groups excluding tert-OH is 1. The van der Waals surface area contributed by atoms with Gasteiger partial charge in [0.2, 0.25) is 0 Å². The fourth-order valence-electron chi connectivity index (χ4n) is 2.11. The van der Waals surface area contributed by atoms with Gasteiger partial charge in [0, 0.05) is 13.2 Å². The first-order valence-corrected chi connectivity index (χ1v) is 5.03. The van der Waals surface area contributed by atoms with Crippen molar-refractivity contribution in [1.82, 2.24) is 4.90 Å². The fraction of sp³-hybridized carbons (Fsp3) is 1.00. The molecule has 2 unspecified atom stereocenters. The van der Waals surface area contributed by atoms with E-state index in [0.717, 1.165) is 12.3 Å². The van der Waals surface area contributed by atoms with Crippen LogP contribution in [0.25, 0.3) is 0 Å². The molecule has 0 aliphatic carbocycles. The van der Waals surface area contributed by atoms with Gasteiger partial charge in [-0.25, -0.2) is 0 Å². The maximum Gasteiger partial charge on any atom is 0.0433 e. The number of hydrogen-bond acceptors (Lipinski definition) is 2. The van der Waals surface area contributed by atoms with E-state index in [1.165, 1.54) is 25.9 Å². The highest BCUT2D eigenvalue weighted by molar-refractivity contribution is 4.74. The van der Waals surface area contributed by atoms with E-state index in [9.17, 15) is 0 Å². The van der Waals surface area contributed by atoms with Crippen molar-refractivity contribution in [2.75, 3.05) is 26.7 Å². The first kappa shape index (κ1) is 10.0. The van der Waals surface area contributed by atoms with Crippen LogP contribution < -0.4 is 0 Å². The summed E-state index contributed by atoms with van der Waals surface area (Å²) in [6.07, 6.45) is 3.65. The molecule has 0 bridgehead atoms. The minimum Gasteiger partial charge on any atom is -0.396 e. The van der Waals surface area contributed by atoms with E-state index in [2.05, 4.69) is 18.9 Å². The Balaban J connectivity index is 2.29. The number of aliphatic hydroxyl groups is 1. The Bertz CT molecular complexity index is 127. The lowest BCUT2D eigenvalue weighted by atomic mass is 9.85. The number of likely N-dealkylation sites (tertiary alicyclic amines) is 1. The molecule has 2 heteroatoms. The van der Waals surface area contributed by atoms with Crippen LogP contribution >= 0.6 is 0 Å². The highest BCUT2D eigenvalue weighted by atomic mass is 16.3. The van der Waals surface area contributed by atoms with E-state index in [1.807, 2.05) is 0 Å². The van der Waals surface area contributed by atoms with Gasteiger partial charge in [-0.2, -0.15) is 0 Å². The summed E-state index contributed by atoms with van der Waals surface area (Å²) in [4.78, 5) is 2.40. The molecule has 72 valence electrons. The number of piperidine rings is 1. The van der Waals surface area contributed by atoms with Crippen molar-refractivity contribution < 1.29 is 5.11 Å². The summed E-state index contributed by atoms with van der Waals surface area (Å²) in [7, 11) is 2.19. The molecule has 2 atom stereocenters. The minimum absolute atomic E-state index is 0.349. The van der Waals surface area contributed by atoms with Crippen molar-refractivity contribution in [1.29, 1.82) is 0 Å². The zero-order valence-corrected chi connectivity index (χ0v) is 8.29. The summed E-state index contributed by atoms with van der Waals surface area (Å²) < 4.78 is 0. The van der Waals surface area contributed by atoms with Crippen molar-refractivity contribution >= 4 is 0 Å². The van der Waals surface area contributed by atoms with Crippen LogP contribution in [0.1, 0.15) is 26.2 Å². The summed E-state index contributed by atoms with van der Waals surface area (Å²) in [5.74, 6) is 1.51. The van der Waals surface area contributed by atoms with Crippen LogP contribution in [-0.4, -0.2) is 36.8 Å². The lowest BCUT2D eigenvalue weighted by Gasteiger charge is -2.33. The van der Waals surface area contributed by atoms with E-state index < -0.39 is 0 Å². The third-order valence-electron chi connectivity index (χ3n) is 3.05. The molecule has 0 spiro atoms. The Labute approximate surface area is 75.6 Å². The van der Waals surface area contributed by atoms with Crippen molar-refractivity contribution in [2.45, 2.75) is 26.2 Å². The SMILES string of the molecule is CC(CCO)C1CCCN(C)C1. The first-order valence-electron chi connectivity index (χ1n) is 5.03. The smallest absolute Gasteiger partial charge is 0.0433 e. The van der Waals surface area contributed by atoms with Gasteiger partial charge in [-0.3, -0.25) is 0 Å². The number of rotatable bonds is 3. The number of nitrogens with zero attached hydrogens (tertiary/aromatic N) is 1. The van der Waals surface area contributed by atoms with Gasteiger partial charge < -0.3 is 10.0 Å². The zero-order chi connectivity index (χ0) is 8.97. The van der Waals surface area contributed by atoms with E-state index in [1.54, 1.807) is 0 Å². The first-order chi connectivity index (χ1) is 5.74. The Morgan fingerprint density at radius 3 is 2.92 bits per heavy atom. The molecule has 0 saturated carbocycles. The predicted molar refractivity (Wildman–Crippen MR) is 51.1 cm³/mol. The highest BCUT2D eigenvalue weighted by Gasteiger charge is 2.21. The molecule has 1 aliphatic rings. The average Bonchev–Trinajstić information content (AvgIpc) is 2.05. The van der Waals surface area contributed by atoms with Crippen molar-refractivity contribution in [3.8, 4) is 0 Å². The standard InChI is InChI=1S/C10H21NO/c1-9(5-7-12)10-4-3-6-11(2)8-10/h9-10,12H,3-8H2,1-2H3. The molecule has 0 amide bonds. The van der Waals surface area contributed by atoms with Crippen LogP contribution in [0.2, 0.25) is 0 Å². The summed E-state index contributed by atoms with van der Waals surface area (Å²) in [5.41, 5.74) is 0. The fourth-order valence-corrected chi connectivity index (χ4v) is 2.11. The predicted octanol–water partition coefficient (Wildman–Crippen LogP) is 1.35. The highest BCUT2D eigenvalue weighted by Crippen LogP contribution is 2.24. The van der Waals surface area contributed by atoms with Crippen LogP contribution in [0.5, 0.6) is 0 Å². The third-order valence-corrected chi connectivity index (χ3v) is 3.05. The normalized spacial score (nSPS) is 28.8. The van der Waals surface area contributed by atoms with Crippen LogP contribution in [0.15, 0.2) is 0 Å². The number of hydrogen-bond donors (Lipinski definition) is 1. The second kappa shape index (κ2) is 4.83. The zero-order valence-electron chi connectivity index (χ0n) is 8.29. The van der Waals surface area contributed by atoms with Crippen molar-refractivity contribution in [3.05, 3.63) is 0 Å². The van der Waals surface area contributed by atoms with Gasteiger partial charge >= 0.3 is 0 Å². The van der Waals surface area contributed by atoms with Crippen LogP contribution in [0.4, 0.5) is 0 Å². The largest absolute Gasteiger partial charge is 0.396 e. The minimum atomic E-state index is 0.349. The van der Waals surface area contributed by atoms with E-state index in [4.69, 9.17) is 5.11 Å².